The number of likely N-dealkylation sites (tertiary alicyclic amines) is 1. The standard InChI is InChI=1S/C35H43N/c1-2-3-14-25-36-26-15-24-32-30-22-12-13-23-31(30)33(34(32)36)35(29-20-10-11-21-29,27-16-6-4-7-17-27)28-18-8-5-9-19-28/h4-9,12-13,16-19,22-23,29,32-34H,2-3,10-11,14-15,20-21,24-26H2,1H3. The number of rotatable bonds is 8. The number of hydrogen-bond donors (Lipinski definition) is 0. The Morgan fingerprint density at radius 3 is 1.94 bits per heavy atom. The number of piperidine rings is 1. The summed E-state index contributed by atoms with van der Waals surface area (Å²) in [5.41, 5.74) is 6.40. The van der Waals surface area contributed by atoms with Gasteiger partial charge in [0.15, 0.2) is 0 Å². The smallest absolute Gasteiger partial charge is 0.0314 e. The van der Waals surface area contributed by atoms with Crippen LogP contribution in [0.1, 0.15) is 98.8 Å². The monoisotopic (exact) mass is 477 g/mol. The van der Waals surface area contributed by atoms with Crippen LogP contribution in [0.15, 0.2) is 84.9 Å². The summed E-state index contributed by atoms with van der Waals surface area (Å²) in [6.07, 6.45) is 12.1. The summed E-state index contributed by atoms with van der Waals surface area (Å²) in [6.45, 7) is 4.85. The van der Waals surface area contributed by atoms with Gasteiger partial charge in [0.25, 0.3) is 0 Å². The molecule has 1 saturated carbocycles. The third kappa shape index (κ3) is 3.95. The third-order valence-corrected chi connectivity index (χ3v) is 9.91. The normalized spacial score (nSPS) is 24.5. The molecule has 3 aromatic rings. The zero-order chi connectivity index (χ0) is 24.4. The highest BCUT2D eigenvalue weighted by atomic mass is 15.2. The van der Waals surface area contributed by atoms with E-state index in [0.717, 1.165) is 0 Å². The molecule has 36 heavy (non-hydrogen) atoms. The molecule has 2 aliphatic carbocycles. The van der Waals surface area contributed by atoms with E-state index >= 15 is 0 Å². The van der Waals surface area contributed by atoms with Gasteiger partial charge in [0.1, 0.15) is 0 Å². The molecule has 3 aliphatic rings. The lowest BCUT2D eigenvalue weighted by atomic mass is 9.55. The van der Waals surface area contributed by atoms with Crippen molar-refractivity contribution in [3.05, 3.63) is 107 Å². The summed E-state index contributed by atoms with van der Waals surface area (Å²) >= 11 is 0. The predicted molar refractivity (Wildman–Crippen MR) is 152 cm³/mol. The van der Waals surface area contributed by atoms with Crippen molar-refractivity contribution in [2.75, 3.05) is 13.1 Å². The Bertz CT molecular complexity index is 1070. The van der Waals surface area contributed by atoms with Gasteiger partial charge >= 0.3 is 0 Å². The molecule has 0 radical (unpaired) electrons. The van der Waals surface area contributed by atoms with Crippen LogP contribution in [-0.4, -0.2) is 24.0 Å². The van der Waals surface area contributed by atoms with Crippen LogP contribution >= 0.6 is 0 Å². The summed E-state index contributed by atoms with van der Waals surface area (Å²) in [5, 5.41) is 0. The minimum absolute atomic E-state index is 0.00882. The fourth-order valence-corrected chi connectivity index (χ4v) is 8.59. The Balaban J connectivity index is 1.60. The van der Waals surface area contributed by atoms with Crippen molar-refractivity contribution in [3.8, 4) is 0 Å². The van der Waals surface area contributed by atoms with E-state index in [1.807, 2.05) is 0 Å². The fraction of sp³-hybridized carbons (Fsp3) is 0.486. The van der Waals surface area contributed by atoms with E-state index in [4.69, 9.17) is 0 Å². The first-order valence-electron chi connectivity index (χ1n) is 14.8. The predicted octanol–water partition coefficient (Wildman–Crippen LogP) is 8.70. The molecule has 2 fully saturated rings. The Hall–Kier alpha value is -2.38. The van der Waals surface area contributed by atoms with Crippen LogP contribution < -0.4 is 0 Å². The fourth-order valence-electron chi connectivity index (χ4n) is 8.59. The molecule has 3 unspecified atom stereocenters. The molecular weight excluding hydrogens is 434 g/mol. The van der Waals surface area contributed by atoms with Gasteiger partial charge in [-0.3, -0.25) is 4.90 Å². The van der Waals surface area contributed by atoms with Crippen molar-refractivity contribution in [2.45, 2.75) is 88.0 Å². The minimum atomic E-state index is 0.00882. The van der Waals surface area contributed by atoms with Crippen LogP contribution in [-0.2, 0) is 5.41 Å². The van der Waals surface area contributed by atoms with Gasteiger partial charge < -0.3 is 0 Å². The highest BCUT2D eigenvalue weighted by Crippen LogP contribution is 2.62. The summed E-state index contributed by atoms with van der Waals surface area (Å²) in [5.74, 6) is 1.84. The van der Waals surface area contributed by atoms with Gasteiger partial charge in [0.2, 0.25) is 0 Å². The van der Waals surface area contributed by atoms with Crippen molar-refractivity contribution in [3.63, 3.8) is 0 Å². The van der Waals surface area contributed by atoms with Gasteiger partial charge in [-0.1, -0.05) is 118 Å². The lowest BCUT2D eigenvalue weighted by molar-refractivity contribution is 0.0811. The zero-order valence-corrected chi connectivity index (χ0v) is 22.1. The van der Waals surface area contributed by atoms with E-state index in [1.54, 1.807) is 22.3 Å². The first-order valence-corrected chi connectivity index (χ1v) is 14.8. The molecule has 0 bridgehead atoms. The lowest BCUT2D eigenvalue weighted by Crippen LogP contribution is -2.53. The number of unbranched alkanes of at least 4 members (excludes halogenated alkanes) is 2. The molecule has 1 heteroatoms. The van der Waals surface area contributed by atoms with Gasteiger partial charge in [-0.25, -0.2) is 0 Å². The molecule has 1 aliphatic heterocycles. The molecule has 0 N–H and O–H groups in total. The number of hydrogen-bond acceptors (Lipinski definition) is 1. The van der Waals surface area contributed by atoms with Gasteiger partial charge in [0.05, 0.1) is 0 Å². The van der Waals surface area contributed by atoms with Gasteiger partial charge in [0, 0.05) is 23.3 Å². The molecule has 0 spiro atoms. The van der Waals surface area contributed by atoms with E-state index in [0.29, 0.717) is 23.8 Å². The molecule has 1 nitrogen and oxygen atoms in total. The molecule has 3 atom stereocenters. The van der Waals surface area contributed by atoms with Gasteiger partial charge in [-0.15, -0.1) is 0 Å². The van der Waals surface area contributed by atoms with Crippen LogP contribution in [0.2, 0.25) is 0 Å². The topological polar surface area (TPSA) is 3.24 Å². The number of fused-ring (bicyclic) bond motifs is 3. The average molecular weight is 478 g/mol. The molecule has 188 valence electrons. The molecule has 1 heterocycles. The quantitative estimate of drug-likeness (QED) is 0.293. The second-order valence-corrected chi connectivity index (χ2v) is 11.7. The SMILES string of the molecule is CCCCCN1CCCC2c3ccccc3C(C(c3ccccc3)(c3ccccc3)C3CCCC3)C21. The van der Waals surface area contributed by atoms with E-state index in [2.05, 4.69) is 96.8 Å². The molecule has 0 amide bonds. The van der Waals surface area contributed by atoms with Crippen LogP contribution in [0.4, 0.5) is 0 Å². The molecule has 1 saturated heterocycles. The maximum Gasteiger partial charge on any atom is 0.0314 e. The molecule has 6 rings (SSSR count). The Morgan fingerprint density at radius 1 is 0.694 bits per heavy atom. The lowest BCUT2D eigenvalue weighted by Gasteiger charge is -2.52. The van der Waals surface area contributed by atoms with E-state index in [9.17, 15) is 0 Å². The molecule has 0 aromatic heterocycles. The molecule has 3 aromatic carbocycles. The first kappa shape index (κ1) is 24.0. The maximum absolute atomic E-state index is 2.95. The van der Waals surface area contributed by atoms with E-state index in [-0.39, 0.29) is 5.41 Å². The van der Waals surface area contributed by atoms with Crippen molar-refractivity contribution in [1.29, 1.82) is 0 Å². The Morgan fingerprint density at radius 2 is 1.31 bits per heavy atom. The van der Waals surface area contributed by atoms with E-state index < -0.39 is 0 Å². The van der Waals surface area contributed by atoms with Crippen LogP contribution in [0.25, 0.3) is 0 Å². The summed E-state index contributed by atoms with van der Waals surface area (Å²) in [6, 6.07) is 33.6. The van der Waals surface area contributed by atoms with Crippen molar-refractivity contribution >= 4 is 0 Å². The first-order chi connectivity index (χ1) is 17.9. The Kier molecular flexibility index (Phi) is 7.02. The highest BCUT2D eigenvalue weighted by Gasteiger charge is 2.58. The van der Waals surface area contributed by atoms with Crippen molar-refractivity contribution in [1.82, 2.24) is 4.90 Å². The zero-order valence-electron chi connectivity index (χ0n) is 22.1. The van der Waals surface area contributed by atoms with E-state index in [1.165, 1.54) is 70.9 Å². The Labute approximate surface area is 218 Å². The summed E-state index contributed by atoms with van der Waals surface area (Å²) in [4.78, 5) is 2.95. The second-order valence-electron chi connectivity index (χ2n) is 11.7. The maximum atomic E-state index is 2.95. The second kappa shape index (κ2) is 10.5. The molecular formula is C35H43N. The summed E-state index contributed by atoms with van der Waals surface area (Å²) < 4.78 is 0. The number of benzene rings is 3. The minimum Gasteiger partial charge on any atom is -0.299 e. The van der Waals surface area contributed by atoms with Crippen LogP contribution in [0.5, 0.6) is 0 Å². The third-order valence-electron chi connectivity index (χ3n) is 9.91. The van der Waals surface area contributed by atoms with Crippen molar-refractivity contribution in [2.24, 2.45) is 5.92 Å². The largest absolute Gasteiger partial charge is 0.299 e. The van der Waals surface area contributed by atoms with Crippen LogP contribution in [0.3, 0.4) is 0 Å². The van der Waals surface area contributed by atoms with Crippen LogP contribution in [0, 0.1) is 5.92 Å². The highest BCUT2D eigenvalue weighted by molar-refractivity contribution is 5.53. The summed E-state index contributed by atoms with van der Waals surface area (Å²) in [7, 11) is 0. The van der Waals surface area contributed by atoms with Gasteiger partial charge in [-0.2, -0.15) is 0 Å². The van der Waals surface area contributed by atoms with Gasteiger partial charge in [-0.05, 0) is 73.4 Å². The average Bonchev–Trinajstić information content (AvgIpc) is 3.59. The van der Waals surface area contributed by atoms with Crippen molar-refractivity contribution < 1.29 is 0 Å². The number of nitrogens with zero attached hydrogens (tertiary/aromatic N) is 1.